The van der Waals surface area contributed by atoms with Crippen LogP contribution in [-0.2, 0) is 5.41 Å². The first-order valence-electron chi connectivity index (χ1n) is 6.18. The Morgan fingerprint density at radius 1 is 1.44 bits per heavy atom. The minimum absolute atomic E-state index is 0.136. The van der Waals surface area contributed by atoms with Crippen LogP contribution in [0.2, 0.25) is 0 Å². The third-order valence-electron chi connectivity index (χ3n) is 4.09. The molecule has 3 saturated carbocycles. The Morgan fingerprint density at radius 2 is 2.17 bits per heavy atom. The smallest absolute Gasteiger partial charge is 0.405 e. The van der Waals surface area contributed by atoms with Crippen LogP contribution in [0.3, 0.4) is 0 Å². The molecule has 0 spiro atoms. The number of allylic oxidation sites excluding steroid dienone is 1. The average molecular weight is 244 g/mol. The van der Waals surface area contributed by atoms with Gasteiger partial charge >= 0.3 is 6.09 Å². The number of nitrogens with zero attached hydrogens (tertiary/aromatic N) is 1. The van der Waals surface area contributed by atoms with E-state index in [-0.39, 0.29) is 11.0 Å². The van der Waals surface area contributed by atoms with Crippen molar-refractivity contribution in [3.05, 3.63) is 35.7 Å². The highest BCUT2D eigenvalue weighted by Crippen LogP contribution is 2.67. The normalized spacial score (nSPS) is 32.7. The van der Waals surface area contributed by atoms with E-state index in [0.717, 1.165) is 30.5 Å². The molecule has 0 saturated heterocycles. The molecule has 4 heteroatoms. The number of carbonyl (C=O) groups is 1. The van der Waals surface area contributed by atoms with Gasteiger partial charge in [0.2, 0.25) is 0 Å². The summed E-state index contributed by atoms with van der Waals surface area (Å²) in [6.07, 6.45) is 7.65. The van der Waals surface area contributed by atoms with Crippen LogP contribution < -0.4 is 5.32 Å². The zero-order valence-electron chi connectivity index (χ0n) is 10.3. The van der Waals surface area contributed by atoms with Gasteiger partial charge in [-0.25, -0.2) is 4.79 Å². The quantitative estimate of drug-likeness (QED) is 0.859. The van der Waals surface area contributed by atoms with Crippen LogP contribution >= 0.6 is 0 Å². The molecular formula is C14H16N2O2. The van der Waals surface area contributed by atoms with Crippen molar-refractivity contribution in [2.45, 2.75) is 37.1 Å². The lowest BCUT2D eigenvalue weighted by Crippen LogP contribution is -2.76. The fourth-order valence-electron chi connectivity index (χ4n) is 3.43. The SMILES string of the molecule is C/C=C/c1ccc(C23CC(NC(=O)O)(C2)C3)nc1. The first kappa shape index (κ1) is 11.3. The summed E-state index contributed by atoms with van der Waals surface area (Å²) in [6, 6.07) is 4.14. The standard InChI is InChI=1S/C14H16N2O2/c1-2-3-10-4-5-11(15-6-10)13-7-14(8-13,9-13)16-12(17)18/h2-6,16H,7-9H2,1H3,(H,17,18)/b3-2+. The van der Waals surface area contributed by atoms with Gasteiger partial charge in [0.25, 0.3) is 0 Å². The molecule has 3 aliphatic rings. The van der Waals surface area contributed by atoms with Gasteiger partial charge in [0.1, 0.15) is 0 Å². The lowest BCUT2D eigenvalue weighted by atomic mass is 9.38. The van der Waals surface area contributed by atoms with Gasteiger partial charge in [-0.05, 0) is 37.8 Å². The van der Waals surface area contributed by atoms with Crippen LogP contribution in [0, 0.1) is 0 Å². The Hall–Kier alpha value is -1.84. The predicted molar refractivity (Wildman–Crippen MR) is 68.4 cm³/mol. The molecule has 1 heterocycles. The first-order chi connectivity index (χ1) is 8.57. The molecule has 0 unspecified atom stereocenters. The van der Waals surface area contributed by atoms with Gasteiger partial charge in [-0.2, -0.15) is 0 Å². The Labute approximate surface area is 106 Å². The van der Waals surface area contributed by atoms with Gasteiger partial charge in [0, 0.05) is 22.8 Å². The van der Waals surface area contributed by atoms with Gasteiger partial charge in [0.05, 0.1) is 0 Å². The first-order valence-corrected chi connectivity index (χ1v) is 6.18. The van der Waals surface area contributed by atoms with Gasteiger partial charge < -0.3 is 10.4 Å². The summed E-state index contributed by atoms with van der Waals surface area (Å²) in [4.78, 5) is 15.2. The highest BCUT2D eigenvalue weighted by molar-refractivity contribution is 5.67. The summed E-state index contributed by atoms with van der Waals surface area (Å²) < 4.78 is 0. The molecule has 1 aromatic heterocycles. The maximum absolute atomic E-state index is 10.7. The van der Waals surface area contributed by atoms with Gasteiger partial charge in [0.15, 0.2) is 0 Å². The van der Waals surface area contributed by atoms with Crippen LogP contribution in [0.1, 0.15) is 37.4 Å². The summed E-state index contributed by atoms with van der Waals surface area (Å²) >= 11 is 0. The van der Waals surface area contributed by atoms with E-state index in [1.807, 2.05) is 25.3 Å². The van der Waals surface area contributed by atoms with E-state index in [2.05, 4.69) is 22.4 Å². The second-order valence-electron chi connectivity index (χ2n) is 5.50. The molecule has 4 rings (SSSR count). The van der Waals surface area contributed by atoms with Gasteiger partial charge in [-0.1, -0.05) is 18.2 Å². The molecular weight excluding hydrogens is 228 g/mol. The maximum Gasteiger partial charge on any atom is 0.405 e. The van der Waals surface area contributed by atoms with Crippen molar-refractivity contribution < 1.29 is 9.90 Å². The summed E-state index contributed by atoms with van der Waals surface area (Å²) in [6.45, 7) is 1.98. The molecule has 0 atom stereocenters. The van der Waals surface area contributed by atoms with E-state index >= 15 is 0 Å². The van der Waals surface area contributed by atoms with Crippen LogP contribution in [0.15, 0.2) is 24.4 Å². The van der Waals surface area contributed by atoms with Gasteiger partial charge in [-0.15, -0.1) is 0 Å². The molecule has 94 valence electrons. The number of hydrogen-bond acceptors (Lipinski definition) is 2. The molecule has 3 fully saturated rings. The molecule has 2 N–H and O–H groups in total. The largest absolute Gasteiger partial charge is 0.465 e. The van der Waals surface area contributed by atoms with E-state index in [1.54, 1.807) is 0 Å². The number of amides is 1. The average Bonchev–Trinajstić information content (AvgIpc) is 2.23. The summed E-state index contributed by atoms with van der Waals surface area (Å²) in [5.41, 5.74) is 2.18. The highest BCUT2D eigenvalue weighted by Gasteiger charge is 2.69. The van der Waals surface area contributed by atoms with Crippen LogP contribution in [-0.4, -0.2) is 21.7 Å². The molecule has 4 nitrogen and oxygen atoms in total. The van der Waals surface area contributed by atoms with E-state index in [0.29, 0.717) is 0 Å². The highest BCUT2D eigenvalue weighted by atomic mass is 16.4. The van der Waals surface area contributed by atoms with Crippen molar-refractivity contribution in [1.82, 2.24) is 10.3 Å². The number of aromatic nitrogens is 1. The van der Waals surface area contributed by atoms with Crippen molar-refractivity contribution in [2.75, 3.05) is 0 Å². The Bertz CT molecular complexity index is 499. The Balaban J connectivity index is 1.70. The van der Waals surface area contributed by atoms with E-state index in [4.69, 9.17) is 5.11 Å². The number of hydrogen-bond donors (Lipinski definition) is 2. The zero-order chi connectivity index (χ0) is 12.8. The molecule has 1 aromatic rings. The van der Waals surface area contributed by atoms with E-state index in [1.165, 1.54) is 0 Å². The molecule has 0 aromatic carbocycles. The van der Waals surface area contributed by atoms with Crippen molar-refractivity contribution in [2.24, 2.45) is 0 Å². The topological polar surface area (TPSA) is 62.2 Å². The lowest BCUT2D eigenvalue weighted by molar-refractivity contribution is -0.0848. The Morgan fingerprint density at radius 3 is 2.67 bits per heavy atom. The monoisotopic (exact) mass is 244 g/mol. The second kappa shape index (κ2) is 3.57. The van der Waals surface area contributed by atoms with Crippen LogP contribution in [0.5, 0.6) is 0 Å². The third-order valence-corrected chi connectivity index (χ3v) is 4.09. The number of pyridine rings is 1. The van der Waals surface area contributed by atoms with Crippen molar-refractivity contribution in [1.29, 1.82) is 0 Å². The zero-order valence-corrected chi connectivity index (χ0v) is 10.3. The van der Waals surface area contributed by atoms with Crippen molar-refractivity contribution >= 4 is 12.2 Å². The minimum Gasteiger partial charge on any atom is -0.465 e. The number of nitrogens with one attached hydrogen (secondary N) is 1. The predicted octanol–water partition coefficient (Wildman–Crippen LogP) is 2.56. The fourth-order valence-corrected chi connectivity index (χ4v) is 3.43. The molecule has 1 amide bonds. The van der Waals surface area contributed by atoms with E-state index < -0.39 is 6.09 Å². The second-order valence-corrected chi connectivity index (χ2v) is 5.50. The fraction of sp³-hybridized carbons (Fsp3) is 0.429. The third kappa shape index (κ3) is 1.52. The summed E-state index contributed by atoms with van der Waals surface area (Å²) in [5.74, 6) is 0. The maximum atomic E-state index is 10.7. The molecule has 18 heavy (non-hydrogen) atoms. The molecule has 0 radical (unpaired) electrons. The van der Waals surface area contributed by atoms with Crippen LogP contribution in [0.25, 0.3) is 6.08 Å². The van der Waals surface area contributed by atoms with Crippen molar-refractivity contribution in [3.63, 3.8) is 0 Å². The van der Waals surface area contributed by atoms with Crippen LogP contribution in [0.4, 0.5) is 4.79 Å². The summed E-state index contributed by atoms with van der Waals surface area (Å²) in [5, 5.41) is 11.4. The molecule has 2 bridgehead atoms. The molecule has 3 aliphatic carbocycles. The summed E-state index contributed by atoms with van der Waals surface area (Å²) in [7, 11) is 0. The minimum atomic E-state index is -0.917. The van der Waals surface area contributed by atoms with E-state index in [9.17, 15) is 4.79 Å². The number of rotatable bonds is 3. The lowest BCUT2D eigenvalue weighted by Gasteiger charge is -2.69. The molecule has 0 aliphatic heterocycles. The van der Waals surface area contributed by atoms with Gasteiger partial charge in [-0.3, -0.25) is 4.98 Å². The Kier molecular flexibility index (Phi) is 2.24. The van der Waals surface area contributed by atoms with Crippen molar-refractivity contribution in [3.8, 4) is 0 Å². The number of carboxylic acid groups (broad SMARTS) is 1.